The van der Waals surface area contributed by atoms with E-state index < -0.39 is 6.10 Å². The maximum absolute atomic E-state index is 10.1. The van der Waals surface area contributed by atoms with Gasteiger partial charge in [0.2, 0.25) is 0 Å². The Labute approximate surface area is 156 Å². The van der Waals surface area contributed by atoms with E-state index in [1.165, 1.54) is 11.1 Å². The van der Waals surface area contributed by atoms with Crippen molar-refractivity contribution in [3.05, 3.63) is 65.7 Å². The number of aliphatic hydroxyl groups excluding tert-OH is 2. The molecule has 3 N–H and O–H groups in total. The first kappa shape index (κ1) is 20.4. The fourth-order valence-electron chi connectivity index (χ4n) is 2.87. The molecule has 2 aromatic carbocycles. The summed E-state index contributed by atoms with van der Waals surface area (Å²) in [5.74, 6) is 1.15. The molecule has 0 spiro atoms. The quantitative estimate of drug-likeness (QED) is 0.578. The van der Waals surface area contributed by atoms with Crippen LogP contribution in [0.1, 0.15) is 37.3 Å². The largest absolute Gasteiger partial charge is 0.491 e. The molecule has 2 rings (SSSR count). The molecule has 0 heterocycles. The summed E-state index contributed by atoms with van der Waals surface area (Å²) >= 11 is 0. The van der Waals surface area contributed by atoms with Crippen molar-refractivity contribution in [3.63, 3.8) is 0 Å². The highest BCUT2D eigenvalue weighted by atomic mass is 16.5. The van der Waals surface area contributed by atoms with Gasteiger partial charge in [-0.3, -0.25) is 0 Å². The summed E-state index contributed by atoms with van der Waals surface area (Å²) in [7, 11) is 0. The van der Waals surface area contributed by atoms with E-state index in [9.17, 15) is 5.11 Å². The van der Waals surface area contributed by atoms with Crippen molar-refractivity contribution in [3.8, 4) is 5.75 Å². The third-order valence-corrected chi connectivity index (χ3v) is 4.54. The van der Waals surface area contributed by atoms with Gasteiger partial charge < -0.3 is 20.3 Å². The van der Waals surface area contributed by atoms with Crippen molar-refractivity contribution in [1.82, 2.24) is 5.32 Å². The van der Waals surface area contributed by atoms with Crippen LogP contribution in [-0.4, -0.2) is 42.1 Å². The predicted octanol–water partition coefficient (Wildman–Crippen LogP) is 3.13. The standard InChI is InChI=1S/C22H31NO3/c1-17(12-13-24)20-10-8-19(9-11-20)14-18(2)23-15-21(25)16-26-22-6-4-3-5-7-22/h3-11,17-18,21,23-25H,12-16H2,1-2H3/t17?,18-,21?/m1/s1. The number of hydrogen-bond donors (Lipinski definition) is 3. The lowest BCUT2D eigenvalue weighted by atomic mass is 9.96. The minimum Gasteiger partial charge on any atom is -0.491 e. The van der Waals surface area contributed by atoms with Crippen LogP contribution in [0, 0.1) is 0 Å². The van der Waals surface area contributed by atoms with Gasteiger partial charge in [-0.2, -0.15) is 0 Å². The van der Waals surface area contributed by atoms with Crippen LogP contribution in [-0.2, 0) is 6.42 Å². The number of para-hydroxylation sites is 1. The second-order valence-corrected chi connectivity index (χ2v) is 6.95. The van der Waals surface area contributed by atoms with Crippen molar-refractivity contribution in [1.29, 1.82) is 0 Å². The third-order valence-electron chi connectivity index (χ3n) is 4.54. The van der Waals surface area contributed by atoms with E-state index in [0.29, 0.717) is 12.5 Å². The number of hydrogen-bond acceptors (Lipinski definition) is 4. The molecule has 0 aliphatic rings. The molecule has 0 radical (unpaired) electrons. The molecule has 0 bridgehead atoms. The van der Waals surface area contributed by atoms with Gasteiger partial charge in [-0.15, -0.1) is 0 Å². The number of nitrogens with one attached hydrogen (secondary N) is 1. The molecule has 3 atom stereocenters. The second-order valence-electron chi connectivity index (χ2n) is 6.95. The van der Waals surface area contributed by atoms with E-state index in [0.717, 1.165) is 18.6 Å². The minimum atomic E-state index is -0.542. The average Bonchev–Trinajstić information content (AvgIpc) is 2.66. The molecule has 4 nitrogen and oxygen atoms in total. The predicted molar refractivity (Wildman–Crippen MR) is 106 cm³/mol. The lowest BCUT2D eigenvalue weighted by Gasteiger charge is -2.18. The highest BCUT2D eigenvalue weighted by Crippen LogP contribution is 2.19. The first-order valence-electron chi connectivity index (χ1n) is 9.37. The van der Waals surface area contributed by atoms with Gasteiger partial charge in [0.15, 0.2) is 0 Å². The molecule has 0 aromatic heterocycles. The van der Waals surface area contributed by atoms with E-state index in [1.807, 2.05) is 30.3 Å². The Morgan fingerprint density at radius 3 is 2.35 bits per heavy atom. The van der Waals surface area contributed by atoms with Crippen LogP contribution in [0.4, 0.5) is 0 Å². The van der Waals surface area contributed by atoms with Crippen LogP contribution in [0.3, 0.4) is 0 Å². The molecule has 0 amide bonds. The fourth-order valence-corrected chi connectivity index (χ4v) is 2.87. The highest BCUT2D eigenvalue weighted by Gasteiger charge is 2.10. The molecule has 2 unspecified atom stereocenters. The van der Waals surface area contributed by atoms with Crippen molar-refractivity contribution < 1.29 is 14.9 Å². The minimum absolute atomic E-state index is 0.222. The van der Waals surface area contributed by atoms with E-state index in [-0.39, 0.29) is 19.3 Å². The summed E-state index contributed by atoms with van der Waals surface area (Å²) in [6.07, 6.45) is 1.15. The van der Waals surface area contributed by atoms with Crippen molar-refractivity contribution >= 4 is 0 Å². The van der Waals surface area contributed by atoms with Crippen LogP contribution in [0.15, 0.2) is 54.6 Å². The molecule has 142 valence electrons. The van der Waals surface area contributed by atoms with Gasteiger partial charge >= 0.3 is 0 Å². The highest BCUT2D eigenvalue weighted by molar-refractivity contribution is 5.25. The summed E-state index contributed by atoms with van der Waals surface area (Å²) in [4.78, 5) is 0. The van der Waals surface area contributed by atoms with Crippen molar-refractivity contribution in [2.45, 2.75) is 44.8 Å². The van der Waals surface area contributed by atoms with Gasteiger partial charge in [-0.1, -0.05) is 49.4 Å². The Morgan fingerprint density at radius 1 is 1.00 bits per heavy atom. The summed E-state index contributed by atoms with van der Waals surface area (Å²) in [6, 6.07) is 18.4. The van der Waals surface area contributed by atoms with Gasteiger partial charge in [0.1, 0.15) is 18.5 Å². The summed E-state index contributed by atoms with van der Waals surface area (Å²) in [5.41, 5.74) is 2.52. The number of ether oxygens (including phenoxy) is 1. The van der Waals surface area contributed by atoms with E-state index in [2.05, 4.69) is 43.4 Å². The Balaban J connectivity index is 1.70. The van der Waals surface area contributed by atoms with E-state index >= 15 is 0 Å². The van der Waals surface area contributed by atoms with E-state index in [1.54, 1.807) is 0 Å². The molecule has 0 aliphatic heterocycles. The average molecular weight is 357 g/mol. The van der Waals surface area contributed by atoms with Crippen LogP contribution in [0.5, 0.6) is 5.75 Å². The van der Waals surface area contributed by atoms with Crippen LogP contribution in [0.2, 0.25) is 0 Å². The Bertz CT molecular complexity index is 615. The molecule has 0 saturated heterocycles. The molecule has 0 saturated carbocycles. The zero-order valence-corrected chi connectivity index (χ0v) is 15.8. The molecular weight excluding hydrogens is 326 g/mol. The molecule has 26 heavy (non-hydrogen) atoms. The lowest BCUT2D eigenvalue weighted by Crippen LogP contribution is -2.37. The number of benzene rings is 2. The fraction of sp³-hybridized carbons (Fsp3) is 0.455. The normalized spacial score (nSPS) is 14.6. The summed E-state index contributed by atoms with van der Waals surface area (Å²) in [6.45, 7) is 5.25. The number of aliphatic hydroxyl groups is 2. The lowest BCUT2D eigenvalue weighted by molar-refractivity contribution is 0.104. The van der Waals surface area contributed by atoms with Gasteiger partial charge in [0.05, 0.1) is 0 Å². The molecule has 0 aliphatic carbocycles. The second kappa shape index (κ2) is 11.0. The molecule has 0 fully saturated rings. The Hall–Kier alpha value is -1.88. The van der Waals surface area contributed by atoms with Crippen LogP contribution < -0.4 is 10.1 Å². The van der Waals surface area contributed by atoms with Gasteiger partial charge in [0.25, 0.3) is 0 Å². The smallest absolute Gasteiger partial charge is 0.119 e. The van der Waals surface area contributed by atoms with Gasteiger partial charge in [-0.05, 0) is 48.9 Å². The zero-order valence-electron chi connectivity index (χ0n) is 15.8. The topological polar surface area (TPSA) is 61.7 Å². The van der Waals surface area contributed by atoms with Crippen molar-refractivity contribution in [2.24, 2.45) is 0 Å². The Morgan fingerprint density at radius 2 is 1.69 bits per heavy atom. The van der Waals surface area contributed by atoms with E-state index in [4.69, 9.17) is 9.84 Å². The zero-order chi connectivity index (χ0) is 18.8. The Kier molecular flexibility index (Phi) is 8.62. The monoisotopic (exact) mass is 357 g/mol. The van der Waals surface area contributed by atoms with Crippen molar-refractivity contribution in [2.75, 3.05) is 19.8 Å². The van der Waals surface area contributed by atoms with Crippen LogP contribution >= 0.6 is 0 Å². The first-order valence-corrected chi connectivity index (χ1v) is 9.37. The number of rotatable bonds is 11. The summed E-state index contributed by atoms with van der Waals surface area (Å²) < 4.78 is 5.57. The summed E-state index contributed by atoms with van der Waals surface area (Å²) in [5, 5.41) is 22.5. The third kappa shape index (κ3) is 7.16. The van der Waals surface area contributed by atoms with Crippen LogP contribution in [0.25, 0.3) is 0 Å². The maximum atomic E-state index is 10.1. The van der Waals surface area contributed by atoms with Gasteiger partial charge in [0, 0.05) is 19.2 Å². The molecule has 4 heteroatoms. The molecule has 2 aromatic rings. The SMILES string of the molecule is CC(CCO)c1ccc(C[C@@H](C)NCC(O)COc2ccccc2)cc1. The first-order chi connectivity index (χ1) is 12.6. The maximum Gasteiger partial charge on any atom is 0.119 e. The molecular formula is C22H31NO3. The van der Waals surface area contributed by atoms with Gasteiger partial charge in [-0.25, -0.2) is 0 Å².